The molecule has 2 aromatic carbocycles. The molecule has 8 heteroatoms. The Balaban J connectivity index is 1.71. The molecule has 1 aliphatic rings. The fourth-order valence-electron chi connectivity index (χ4n) is 2.79. The summed E-state index contributed by atoms with van der Waals surface area (Å²) in [5.41, 5.74) is 0.104. The van der Waals surface area contributed by atoms with Crippen molar-refractivity contribution in [2.75, 3.05) is 25.1 Å². The van der Waals surface area contributed by atoms with Gasteiger partial charge in [0.25, 0.3) is 11.8 Å². The summed E-state index contributed by atoms with van der Waals surface area (Å²) < 4.78 is 45.2. The zero-order valence-electron chi connectivity index (χ0n) is 14.5. The van der Waals surface area contributed by atoms with E-state index in [4.69, 9.17) is 4.74 Å². The summed E-state index contributed by atoms with van der Waals surface area (Å²) in [6.07, 6.45) is 0. The van der Waals surface area contributed by atoms with Crippen LogP contribution in [0.25, 0.3) is 0 Å². The molecule has 1 fully saturated rings. The molecule has 0 spiro atoms. The van der Waals surface area contributed by atoms with E-state index in [1.807, 2.05) is 6.92 Å². The monoisotopic (exact) mass is 378 g/mol. The number of nitrogens with zero attached hydrogens (tertiary/aromatic N) is 1. The van der Waals surface area contributed by atoms with Crippen molar-refractivity contribution in [1.82, 2.24) is 4.90 Å². The quantitative estimate of drug-likeness (QED) is 0.835. The summed E-state index contributed by atoms with van der Waals surface area (Å²) in [6, 6.07) is 7.52. The van der Waals surface area contributed by atoms with Crippen molar-refractivity contribution in [1.29, 1.82) is 0 Å². The van der Waals surface area contributed by atoms with Gasteiger partial charge >= 0.3 is 0 Å². The van der Waals surface area contributed by atoms with E-state index in [9.17, 15) is 22.8 Å². The Kier molecular flexibility index (Phi) is 5.46. The minimum absolute atomic E-state index is 0.0398. The number of carbonyl (C=O) groups is 2. The molecular formula is C19H17F3N2O3. The van der Waals surface area contributed by atoms with Gasteiger partial charge in [-0.05, 0) is 43.3 Å². The fraction of sp³-hybridized carbons (Fsp3) is 0.263. The number of ether oxygens (including phenoxy) is 1. The van der Waals surface area contributed by atoms with Crippen molar-refractivity contribution in [3.05, 3.63) is 65.0 Å². The third-order valence-electron chi connectivity index (χ3n) is 4.30. The fourth-order valence-corrected chi connectivity index (χ4v) is 2.79. The van der Waals surface area contributed by atoms with Crippen molar-refractivity contribution in [3.63, 3.8) is 0 Å². The second-order valence-electron chi connectivity index (χ2n) is 6.18. The molecule has 1 aliphatic heterocycles. The Labute approximate surface area is 153 Å². The lowest BCUT2D eigenvalue weighted by Crippen LogP contribution is -2.47. The summed E-state index contributed by atoms with van der Waals surface area (Å²) >= 11 is 0. The van der Waals surface area contributed by atoms with Crippen LogP contribution in [0.15, 0.2) is 36.4 Å². The number of anilines is 1. The number of halogens is 3. The van der Waals surface area contributed by atoms with Crippen molar-refractivity contribution in [3.8, 4) is 0 Å². The third kappa shape index (κ3) is 3.95. The molecule has 1 unspecified atom stereocenters. The maximum atomic E-state index is 13.7. The third-order valence-corrected chi connectivity index (χ3v) is 4.30. The topological polar surface area (TPSA) is 58.6 Å². The molecule has 5 nitrogen and oxygen atoms in total. The molecule has 2 amide bonds. The van der Waals surface area contributed by atoms with Crippen molar-refractivity contribution in [2.24, 2.45) is 0 Å². The highest BCUT2D eigenvalue weighted by molar-refractivity contribution is 6.04. The Morgan fingerprint density at radius 1 is 1.07 bits per heavy atom. The summed E-state index contributed by atoms with van der Waals surface area (Å²) in [5.74, 6) is -5.71. The highest BCUT2D eigenvalue weighted by atomic mass is 19.2. The van der Waals surface area contributed by atoms with Gasteiger partial charge in [-0.1, -0.05) is 0 Å². The van der Waals surface area contributed by atoms with Crippen LogP contribution in [0, 0.1) is 17.5 Å². The minimum Gasteiger partial charge on any atom is -0.377 e. The highest BCUT2D eigenvalue weighted by Crippen LogP contribution is 2.19. The smallest absolute Gasteiger partial charge is 0.258 e. The van der Waals surface area contributed by atoms with Gasteiger partial charge in [-0.3, -0.25) is 9.59 Å². The first-order valence-corrected chi connectivity index (χ1v) is 8.32. The van der Waals surface area contributed by atoms with Gasteiger partial charge in [-0.25, -0.2) is 13.2 Å². The second-order valence-corrected chi connectivity index (χ2v) is 6.18. The predicted molar refractivity (Wildman–Crippen MR) is 92.0 cm³/mol. The van der Waals surface area contributed by atoms with Gasteiger partial charge in [0.2, 0.25) is 0 Å². The number of hydrogen-bond acceptors (Lipinski definition) is 3. The summed E-state index contributed by atoms with van der Waals surface area (Å²) in [4.78, 5) is 26.3. The molecule has 0 saturated carbocycles. The highest BCUT2D eigenvalue weighted by Gasteiger charge is 2.25. The van der Waals surface area contributed by atoms with Crippen molar-refractivity contribution >= 4 is 17.5 Å². The van der Waals surface area contributed by atoms with Crippen LogP contribution in [0.5, 0.6) is 0 Å². The molecule has 0 aromatic heterocycles. The van der Waals surface area contributed by atoms with Crippen LogP contribution < -0.4 is 5.32 Å². The van der Waals surface area contributed by atoms with Crippen LogP contribution in [0.2, 0.25) is 0 Å². The Morgan fingerprint density at radius 3 is 2.44 bits per heavy atom. The number of amides is 2. The van der Waals surface area contributed by atoms with E-state index in [1.165, 1.54) is 24.3 Å². The maximum Gasteiger partial charge on any atom is 0.258 e. The van der Waals surface area contributed by atoms with E-state index < -0.39 is 28.9 Å². The molecule has 142 valence electrons. The van der Waals surface area contributed by atoms with E-state index in [0.717, 1.165) is 6.07 Å². The summed E-state index contributed by atoms with van der Waals surface area (Å²) in [5, 5.41) is 2.39. The normalized spacial score (nSPS) is 16.9. The first kappa shape index (κ1) is 18.9. The number of nitrogens with one attached hydrogen (secondary N) is 1. The number of rotatable bonds is 3. The zero-order chi connectivity index (χ0) is 19.6. The van der Waals surface area contributed by atoms with Gasteiger partial charge in [0.15, 0.2) is 17.5 Å². The Bertz CT molecular complexity index is 871. The largest absolute Gasteiger partial charge is 0.377 e. The minimum atomic E-state index is -1.71. The number of hydrogen-bond donors (Lipinski definition) is 1. The van der Waals surface area contributed by atoms with Crippen LogP contribution in [-0.4, -0.2) is 42.5 Å². The number of morpholine rings is 1. The number of carbonyl (C=O) groups excluding carboxylic acids is 2. The van der Waals surface area contributed by atoms with Gasteiger partial charge < -0.3 is 15.0 Å². The molecule has 3 rings (SSSR count). The number of benzene rings is 2. The van der Waals surface area contributed by atoms with Gasteiger partial charge in [0, 0.05) is 17.8 Å². The SMILES string of the molecule is CC1COCCN1C(=O)c1ccc(NC(=O)c2ccc(F)c(F)c2F)cc1. The first-order chi connectivity index (χ1) is 12.9. The summed E-state index contributed by atoms with van der Waals surface area (Å²) in [7, 11) is 0. The molecule has 1 atom stereocenters. The standard InChI is InChI=1S/C19H17F3N2O3/c1-11-10-27-9-8-24(11)19(26)12-2-4-13(5-3-12)23-18(25)14-6-7-15(20)17(22)16(14)21/h2-7,11H,8-10H2,1H3,(H,23,25). The molecule has 1 saturated heterocycles. The van der Waals surface area contributed by atoms with E-state index in [-0.39, 0.29) is 17.6 Å². The molecule has 27 heavy (non-hydrogen) atoms. The maximum absolute atomic E-state index is 13.7. The van der Waals surface area contributed by atoms with Crippen LogP contribution in [-0.2, 0) is 4.74 Å². The van der Waals surface area contributed by atoms with Gasteiger partial charge in [0.1, 0.15) is 0 Å². The average molecular weight is 378 g/mol. The zero-order valence-corrected chi connectivity index (χ0v) is 14.5. The van der Waals surface area contributed by atoms with Gasteiger partial charge in [0.05, 0.1) is 24.8 Å². The van der Waals surface area contributed by atoms with Crippen LogP contribution in [0.3, 0.4) is 0 Å². The Morgan fingerprint density at radius 2 is 1.78 bits per heavy atom. The van der Waals surface area contributed by atoms with E-state index in [1.54, 1.807) is 4.90 Å². The van der Waals surface area contributed by atoms with E-state index in [0.29, 0.717) is 31.4 Å². The lowest BCUT2D eigenvalue weighted by molar-refractivity contribution is 0.00359. The van der Waals surface area contributed by atoms with Crippen LogP contribution >= 0.6 is 0 Å². The molecular weight excluding hydrogens is 361 g/mol. The molecule has 0 radical (unpaired) electrons. The van der Waals surface area contributed by atoms with Gasteiger partial charge in [-0.15, -0.1) is 0 Å². The lowest BCUT2D eigenvalue weighted by Gasteiger charge is -2.33. The summed E-state index contributed by atoms with van der Waals surface area (Å²) in [6.45, 7) is 3.33. The lowest BCUT2D eigenvalue weighted by atomic mass is 10.1. The van der Waals surface area contributed by atoms with Crippen molar-refractivity contribution < 1.29 is 27.5 Å². The van der Waals surface area contributed by atoms with Gasteiger partial charge in [-0.2, -0.15) is 0 Å². The Hall–Kier alpha value is -2.87. The molecule has 1 heterocycles. The van der Waals surface area contributed by atoms with E-state index >= 15 is 0 Å². The average Bonchev–Trinajstić information content (AvgIpc) is 2.66. The molecule has 0 bridgehead atoms. The predicted octanol–water partition coefficient (Wildman–Crippen LogP) is 3.22. The second kappa shape index (κ2) is 7.79. The molecule has 1 N–H and O–H groups in total. The van der Waals surface area contributed by atoms with Crippen LogP contribution in [0.1, 0.15) is 27.6 Å². The molecule has 0 aliphatic carbocycles. The first-order valence-electron chi connectivity index (χ1n) is 8.32. The van der Waals surface area contributed by atoms with Crippen LogP contribution in [0.4, 0.5) is 18.9 Å². The molecule has 2 aromatic rings. The van der Waals surface area contributed by atoms with Crippen molar-refractivity contribution in [2.45, 2.75) is 13.0 Å². The van der Waals surface area contributed by atoms with E-state index in [2.05, 4.69) is 5.32 Å².